The van der Waals surface area contributed by atoms with E-state index in [9.17, 15) is 9.18 Å². The standard InChI is InChI=1S/C13H15ClFNO2/c14-10-4-3-9(12(15)7-10)6-13(17)16-8-11-2-1-5-18-11/h3-4,7,11H,1-2,5-6,8H2,(H,16,17)/t11-/m1/s1. The first-order valence-corrected chi connectivity index (χ1v) is 6.35. The molecule has 2 rings (SSSR count). The Bertz CT molecular complexity index is 433. The maximum absolute atomic E-state index is 13.5. The van der Waals surface area contributed by atoms with Gasteiger partial charge in [-0.25, -0.2) is 4.39 Å². The van der Waals surface area contributed by atoms with Crippen LogP contribution in [0, 0.1) is 5.82 Å². The van der Waals surface area contributed by atoms with Gasteiger partial charge in [-0.05, 0) is 30.5 Å². The third-order valence-corrected chi connectivity index (χ3v) is 3.15. The first-order valence-electron chi connectivity index (χ1n) is 5.97. The van der Waals surface area contributed by atoms with Gasteiger partial charge >= 0.3 is 0 Å². The lowest BCUT2D eigenvalue weighted by atomic mass is 10.1. The summed E-state index contributed by atoms with van der Waals surface area (Å²) in [5.41, 5.74) is 0.351. The minimum atomic E-state index is -0.449. The van der Waals surface area contributed by atoms with Gasteiger partial charge in [0.15, 0.2) is 0 Å². The zero-order chi connectivity index (χ0) is 13.0. The third-order valence-electron chi connectivity index (χ3n) is 2.92. The number of amides is 1. The largest absolute Gasteiger partial charge is 0.376 e. The third kappa shape index (κ3) is 3.68. The number of nitrogens with one attached hydrogen (secondary N) is 1. The number of rotatable bonds is 4. The number of carbonyl (C=O) groups is 1. The Morgan fingerprint density at radius 3 is 3.06 bits per heavy atom. The second kappa shape index (κ2) is 6.16. The second-order valence-electron chi connectivity index (χ2n) is 4.35. The van der Waals surface area contributed by atoms with Gasteiger partial charge in [0.05, 0.1) is 12.5 Å². The fourth-order valence-corrected chi connectivity index (χ4v) is 2.09. The molecule has 0 spiro atoms. The van der Waals surface area contributed by atoms with E-state index in [1.807, 2.05) is 0 Å². The molecule has 1 heterocycles. The van der Waals surface area contributed by atoms with E-state index in [0.29, 0.717) is 17.1 Å². The average molecular weight is 272 g/mol. The highest BCUT2D eigenvalue weighted by molar-refractivity contribution is 6.30. The Labute approximate surface area is 110 Å². The lowest BCUT2D eigenvalue weighted by molar-refractivity contribution is -0.121. The molecule has 1 saturated heterocycles. The van der Waals surface area contributed by atoms with E-state index in [1.54, 1.807) is 6.07 Å². The van der Waals surface area contributed by atoms with E-state index in [1.165, 1.54) is 12.1 Å². The van der Waals surface area contributed by atoms with Crippen molar-refractivity contribution in [2.45, 2.75) is 25.4 Å². The summed E-state index contributed by atoms with van der Waals surface area (Å²) in [4.78, 5) is 11.6. The van der Waals surface area contributed by atoms with Gasteiger partial charge in [-0.1, -0.05) is 17.7 Å². The lowest BCUT2D eigenvalue weighted by Crippen LogP contribution is -2.32. The Kier molecular flexibility index (Phi) is 4.55. The molecule has 0 radical (unpaired) electrons. The van der Waals surface area contributed by atoms with Crippen LogP contribution < -0.4 is 5.32 Å². The number of benzene rings is 1. The van der Waals surface area contributed by atoms with E-state index in [4.69, 9.17) is 16.3 Å². The molecule has 1 atom stereocenters. The maximum Gasteiger partial charge on any atom is 0.224 e. The van der Waals surface area contributed by atoms with Crippen LogP contribution in [0.2, 0.25) is 5.02 Å². The van der Waals surface area contributed by atoms with E-state index < -0.39 is 5.82 Å². The molecule has 5 heteroatoms. The zero-order valence-electron chi connectivity index (χ0n) is 9.92. The van der Waals surface area contributed by atoms with Crippen molar-refractivity contribution in [1.82, 2.24) is 5.32 Å². The molecule has 0 unspecified atom stereocenters. The van der Waals surface area contributed by atoms with Crippen LogP contribution in [0.1, 0.15) is 18.4 Å². The molecule has 0 bridgehead atoms. The SMILES string of the molecule is O=C(Cc1ccc(Cl)cc1F)NC[C@H]1CCCO1. The Morgan fingerprint density at radius 1 is 1.56 bits per heavy atom. The zero-order valence-corrected chi connectivity index (χ0v) is 10.7. The molecule has 1 amide bonds. The summed E-state index contributed by atoms with van der Waals surface area (Å²) in [5, 5.41) is 3.08. The van der Waals surface area contributed by atoms with Crippen LogP contribution in [0.25, 0.3) is 0 Å². The molecule has 1 aromatic carbocycles. The number of ether oxygens (including phenoxy) is 1. The highest BCUT2D eigenvalue weighted by atomic mass is 35.5. The van der Waals surface area contributed by atoms with Gasteiger partial charge in [0.2, 0.25) is 5.91 Å². The topological polar surface area (TPSA) is 38.3 Å². The van der Waals surface area contributed by atoms with Crippen molar-refractivity contribution in [2.75, 3.05) is 13.2 Å². The van der Waals surface area contributed by atoms with Crippen LogP contribution in [0.5, 0.6) is 0 Å². The Balaban J connectivity index is 1.82. The minimum Gasteiger partial charge on any atom is -0.376 e. The molecule has 18 heavy (non-hydrogen) atoms. The average Bonchev–Trinajstić information content (AvgIpc) is 2.83. The summed E-state index contributed by atoms with van der Waals surface area (Å²) in [6.45, 7) is 1.25. The van der Waals surface area contributed by atoms with Crippen LogP contribution in [-0.4, -0.2) is 25.2 Å². The predicted molar refractivity (Wildman–Crippen MR) is 67.1 cm³/mol. The Hall–Kier alpha value is -1.13. The van der Waals surface area contributed by atoms with Gasteiger partial charge in [-0.2, -0.15) is 0 Å². The molecule has 1 fully saturated rings. The van der Waals surface area contributed by atoms with E-state index in [2.05, 4.69) is 5.32 Å². The number of hydrogen-bond acceptors (Lipinski definition) is 2. The Morgan fingerprint density at radius 2 is 2.39 bits per heavy atom. The summed E-state index contributed by atoms with van der Waals surface area (Å²) in [7, 11) is 0. The number of carbonyl (C=O) groups excluding carboxylic acids is 1. The van der Waals surface area contributed by atoms with E-state index >= 15 is 0 Å². The van der Waals surface area contributed by atoms with Crippen molar-refractivity contribution in [2.24, 2.45) is 0 Å². The number of halogens is 2. The monoisotopic (exact) mass is 271 g/mol. The predicted octanol–water partition coefficient (Wildman–Crippen LogP) is 2.32. The highest BCUT2D eigenvalue weighted by Crippen LogP contribution is 2.15. The van der Waals surface area contributed by atoms with Gasteiger partial charge < -0.3 is 10.1 Å². The molecule has 0 saturated carbocycles. The van der Waals surface area contributed by atoms with E-state index in [0.717, 1.165) is 19.4 Å². The van der Waals surface area contributed by atoms with Crippen molar-refractivity contribution in [1.29, 1.82) is 0 Å². The molecule has 1 aromatic rings. The summed E-state index contributed by atoms with van der Waals surface area (Å²) in [6.07, 6.45) is 2.13. The van der Waals surface area contributed by atoms with Crippen molar-refractivity contribution in [3.8, 4) is 0 Å². The maximum atomic E-state index is 13.5. The van der Waals surface area contributed by atoms with Gasteiger partial charge in [0.25, 0.3) is 0 Å². The molecule has 3 nitrogen and oxygen atoms in total. The molecule has 1 N–H and O–H groups in total. The molecule has 0 aliphatic carbocycles. The highest BCUT2D eigenvalue weighted by Gasteiger charge is 2.16. The van der Waals surface area contributed by atoms with Gasteiger partial charge in [0.1, 0.15) is 5.82 Å². The summed E-state index contributed by atoms with van der Waals surface area (Å²) in [5.74, 6) is -0.651. The first-order chi connectivity index (χ1) is 8.65. The van der Waals surface area contributed by atoms with Crippen molar-refractivity contribution >= 4 is 17.5 Å². The van der Waals surface area contributed by atoms with Crippen LogP contribution in [0.3, 0.4) is 0 Å². The van der Waals surface area contributed by atoms with Crippen molar-refractivity contribution < 1.29 is 13.9 Å². The normalized spacial score (nSPS) is 18.9. The fourth-order valence-electron chi connectivity index (χ4n) is 1.93. The van der Waals surface area contributed by atoms with Gasteiger partial charge in [0, 0.05) is 18.2 Å². The van der Waals surface area contributed by atoms with Crippen molar-refractivity contribution in [3.05, 3.63) is 34.6 Å². The van der Waals surface area contributed by atoms with Crippen molar-refractivity contribution in [3.63, 3.8) is 0 Å². The molecule has 98 valence electrons. The second-order valence-corrected chi connectivity index (χ2v) is 4.79. The van der Waals surface area contributed by atoms with E-state index in [-0.39, 0.29) is 18.4 Å². The van der Waals surface area contributed by atoms with Gasteiger partial charge in [-0.15, -0.1) is 0 Å². The summed E-state index contributed by atoms with van der Waals surface area (Å²) >= 11 is 5.64. The first kappa shape index (κ1) is 13.3. The summed E-state index contributed by atoms with van der Waals surface area (Å²) in [6, 6.07) is 4.32. The lowest BCUT2D eigenvalue weighted by Gasteiger charge is -2.11. The smallest absolute Gasteiger partial charge is 0.224 e. The molecule has 1 aliphatic rings. The van der Waals surface area contributed by atoms with Crippen LogP contribution in [0.15, 0.2) is 18.2 Å². The molecule has 1 aliphatic heterocycles. The fraction of sp³-hybridized carbons (Fsp3) is 0.462. The minimum absolute atomic E-state index is 0.0235. The molecular weight excluding hydrogens is 257 g/mol. The molecular formula is C13H15ClFNO2. The quantitative estimate of drug-likeness (QED) is 0.913. The van der Waals surface area contributed by atoms with Crippen LogP contribution >= 0.6 is 11.6 Å². The summed E-state index contributed by atoms with van der Waals surface area (Å²) < 4.78 is 18.8. The van der Waals surface area contributed by atoms with Crippen LogP contribution in [-0.2, 0) is 16.0 Å². The molecule has 0 aromatic heterocycles. The van der Waals surface area contributed by atoms with Gasteiger partial charge in [-0.3, -0.25) is 4.79 Å². The number of hydrogen-bond donors (Lipinski definition) is 1. The van der Waals surface area contributed by atoms with Crippen LogP contribution in [0.4, 0.5) is 4.39 Å².